The number of urea groups is 1. The molecule has 3 amide bonds. The van der Waals surface area contributed by atoms with Crippen molar-refractivity contribution in [2.24, 2.45) is 0 Å². The highest BCUT2D eigenvalue weighted by Crippen LogP contribution is 1.98. The molecule has 126 valence electrons. The molecule has 0 radical (unpaired) electrons. The summed E-state index contributed by atoms with van der Waals surface area (Å²) in [5.74, 6) is -3.58. The zero-order valence-electron chi connectivity index (χ0n) is 11.9. The predicted molar refractivity (Wildman–Crippen MR) is 69.5 cm³/mol. The Balaban J connectivity index is 2.30. The summed E-state index contributed by atoms with van der Waals surface area (Å²) < 4.78 is 13.3. The number of aliphatic hydroxyl groups excluding tert-OH is 1. The molecule has 0 aromatic rings. The molecule has 0 spiro atoms. The van der Waals surface area contributed by atoms with E-state index in [1.165, 1.54) is 0 Å². The largest absolute Gasteiger partial charge is 0.466 e. The fourth-order valence-electron chi connectivity index (χ4n) is 1.32. The summed E-state index contributed by atoms with van der Waals surface area (Å²) in [5.41, 5.74) is 0. The first-order valence-corrected chi connectivity index (χ1v) is 6.22. The molecule has 1 heterocycles. The molecule has 0 aliphatic carbocycles. The van der Waals surface area contributed by atoms with E-state index < -0.39 is 55.2 Å². The number of carbonyl (C=O) groups is 5. The van der Waals surface area contributed by atoms with Gasteiger partial charge in [-0.1, -0.05) is 0 Å². The van der Waals surface area contributed by atoms with Gasteiger partial charge in [-0.25, -0.2) is 19.2 Å². The van der Waals surface area contributed by atoms with Gasteiger partial charge >= 0.3 is 23.9 Å². The van der Waals surface area contributed by atoms with Crippen LogP contribution >= 0.6 is 0 Å². The Hall–Kier alpha value is -2.95. The van der Waals surface area contributed by atoms with E-state index in [0.717, 1.165) is 19.3 Å². The van der Waals surface area contributed by atoms with E-state index in [1.54, 1.807) is 0 Å². The summed E-state index contributed by atoms with van der Waals surface area (Å²) in [7, 11) is 1.12. The quantitative estimate of drug-likeness (QED) is 0.196. The van der Waals surface area contributed by atoms with Gasteiger partial charge in [-0.3, -0.25) is 10.1 Å². The molecule has 23 heavy (non-hydrogen) atoms. The highest BCUT2D eigenvalue weighted by Gasteiger charge is 2.31. The van der Waals surface area contributed by atoms with Crippen LogP contribution in [0.15, 0.2) is 12.2 Å². The van der Waals surface area contributed by atoms with E-state index in [0.29, 0.717) is 0 Å². The van der Waals surface area contributed by atoms with Gasteiger partial charge in [0.2, 0.25) is 0 Å². The van der Waals surface area contributed by atoms with Gasteiger partial charge in [0, 0.05) is 12.2 Å². The first-order chi connectivity index (χ1) is 10.8. The Morgan fingerprint density at radius 2 is 1.87 bits per heavy atom. The van der Waals surface area contributed by atoms with Crippen LogP contribution in [0.4, 0.5) is 4.79 Å². The number of nitrogens with one attached hydrogen (secondary N) is 2. The lowest BCUT2D eigenvalue weighted by molar-refractivity contribution is -0.160. The Kier molecular flexibility index (Phi) is 6.68. The maximum atomic E-state index is 11.4. The van der Waals surface area contributed by atoms with Crippen LogP contribution in [0.3, 0.4) is 0 Å². The van der Waals surface area contributed by atoms with E-state index in [-0.39, 0.29) is 0 Å². The molecule has 2 unspecified atom stereocenters. The van der Waals surface area contributed by atoms with E-state index in [9.17, 15) is 29.1 Å². The topological polar surface area (TPSA) is 157 Å². The first-order valence-electron chi connectivity index (χ1n) is 6.22. The van der Waals surface area contributed by atoms with Crippen LogP contribution in [0.25, 0.3) is 0 Å². The van der Waals surface area contributed by atoms with Crippen molar-refractivity contribution in [3.8, 4) is 0 Å². The molecule has 1 rings (SSSR count). The van der Waals surface area contributed by atoms with Crippen molar-refractivity contribution in [2.45, 2.75) is 12.1 Å². The second kappa shape index (κ2) is 8.48. The number of imide groups is 1. The molecule has 1 aliphatic rings. The van der Waals surface area contributed by atoms with Crippen molar-refractivity contribution < 1.29 is 43.3 Å². The number of ether oxygens (including phenoxy) is 3. The third-order valence-corrected chi connectivity index (χ3v) is 2.46. The number of methoxy groups -OCH3 is 1. The maximum Gasteiger partial charge on any atom is 0.338 e. The molecule has 0 aromatic heterocycles. The highest BCUT2D eigenvalue weighted by molar-refractivity contribution is 6.04. The first kappa shape index (κ1) is 18.1. The van der Waals surface area contributed by atoms with Gasteiger partial charge in [-0.15, -0.1) is 0 Å². The van der Waals surface area contributed by atoms with E-state index >= 15 is 0 Å². The number of carbonyl (C=O) groups excluding carboxylic acids is 5. The summed E-state index contributed by atoms with van der Waals surface area (Å²) in [6.45, 7) is -1.20. The SMILES string of the molecule is COC(=O)/C=C/C(=O)OCC(O)C(=O)OCC1NC(=O)NC1=O. The molecule has 1 fully saturated rings. The van der Waals surface area contributed by atoms with Gasteiger partial charge < -0.3 is 24.6 Å². The fraction of sp³-hybridized carbons (Fsp3) is 0.417. The Morgan fingerprint density at radius 3 is 2.43 bits per heavy atom. The van der Waals surface area contributed by atoms with Crippen LogP contribution in [-0.4, -0.2) is 67.4 Å². The average molecular weight is 330 g/mol. The molecule has 2 atom stereocenters. The highest BCUT2D eigenvalue weighted by atomic mass is 16.6. The normalized spacial score (nSPS) is 18.1. The molecule has 1 aliphatic heterocycles. The Bertz CT molecular complexity index is 543. The Morgan fingerprint density at radius 1 is 1.22 bits per heavy atom. The summed E-state index contributed by atoms with van der Waals surface area (Å²) >= 11 is 0. The standard InChI is InChI=1S/C12H14N2O9/c1-21-8(16)2-3-9(17)22-5-7(15)11(19)23-4-6-10(18)14-12(20)13-6/h2-3,6-7,15H,4-5H2,1H3,(H2,13,14,18,20)/b3-2+. The summed E-state index contributed by atoms with van der Waals surface area (Å²) in [5, 5.41) is 13.5. The minimum atomic E-state index is -1.79. The van der Waals surface area contributed by atoms with Gasteiger partial charge in [0.1, 0.15) is 19.3 Å². The summed E-state index contributed by atoms with van der Waals surface area (Å²) in [6, 6.07) is -1.77. The molecule has 1 saturated heterocycles. The monoisotopic (exact) mass is 330 g/mol. The molecule has 0 aromatic carbocycles. The number of aliphatic hydroxyl groups is 1. The molecule has 11 heteroatoms. The number of hydrogen-bond donors (Lipinski definition) is 3. The second-order valence-electron chi connectivity index (χ2n) is 4.15. The minimum absolute atomic E-state index is 0.482. The smallest absolute Gasteiger partial charge is 0.338 e. The number of rotatable bonds is 7. The van der Waals surface area contributed by atoms with Crippen LogP contribution in [0, 0.1) is 0 Å². The van der Waals surface area contributed by atoms with Crippen molar-refractivity contribution >= 4 is 29.8 Å². The van der Waals surface area contributed by atoms with Crippen molar-refractivity contribution in [1.82, 2.24) is 10.6 Å². The van der Waals surface area contributed by atoms with E-state index in [2.05, 4.69) is 19.5 Å². The average Bonchev–Trinajstić information content (AvgIpc) is 2.85. The van der Waals surface area contributed by atoms with Gasteiger partial charge in [0.15, 0.2) is 6.10 Å². The van der Waals surface area contributed by atoms with Crippen LogP contribution in [0.2, 0.25) is 0 Å². The maximum absolute atomic E-state index is 11.4. The molecule has 0 saturated carbocycles. The van der Waals surface area contributed by atoms with Crippen molar-refractivity contribution in [1.29, 1.82) is 0 Å². The van der Waals surface area contributed by atoms with Crippen LogP contribution in [-0.2, 0) is 33.4 Å². The van der Waals surface area contributed by atoms with Crippen molar-refractivity contribution in [3.63, 3.8) is 0 Å². The van der Waals surface area contributed by atoms with Gasteiger partial charge in [0.05, 0.1) is 7.11 Å². The molecular formula is C12H14N2O9. The zero-order chi connectivity index (χ0) is 17.4. The zero-order valence-corrected chi connectivity index (χ0v) is 11.9. The fourth-order valence-corrected chi connectivity index (χ4v) is 1.32. The predicted octanol–water partition coefficient (Wildman–Crippen LogP) is -2.63. The minimum Gasteiger partial charge on any atom is -0.466 e. The number of esters is 3. The van der Waals surface area contributed by atoms with Crippen LogP contribution in [0.1, 0.15) is 0 Å². The van der Waals surface area contributed by atoms with Gasteiger partial charge in [0.25, 0.3) is 5.91 Å². The summed E-state index contributed by atoms with van der Waals surface area (Å²) in [4.78, 5) is 55.3. The lowest BCUT2D eigenvalue weighted by atomic mass is 10.3. The van der Waals surface area contributed by atoms with Crippen molar-refractivity contribution in [3.05, 3.63) is 12.2 Å². The van der Waals surface area contributed by atoms with Crippen LogP contribution < -0.4 is 10.6 Å². The lowest BCUT2D eigenvalue weighted by Gasteiger charge is -2.12. The lowest BCUT2D eigenvalue weighted by Crippen LogP contribution is -2.37. The molecule has 11 nitrogen and oxygen atoms in total. The second-order valence-corrected chi connectivity index (χ2v) is 4.15. The van der Waals surface area contributed by atoms with Crippen molar-refractivity contribution in [2.75, 3.05) is 20.3 Å². The molecule has 0 bridgehead atoms. The molecule has 3 N–H and O–H groups in total. The molecular weight excluding hydrogens is 316 g/mol. The third kappa shape index (κ3) is 6.13. The third-order valence-electron chi connectivity index (χ3n) is 2.46. The summed E-state index contributed by atoms with van der Waals surface area (Å²) in [6.07, 6.45) is -0.234. The van der Waals surface area contributed by atoms with E-state index in [1.807, 2.05) is 5.32 Å². The number of hydrogen-bond acceptors (Lipinski definition) is 9. The van der Waals surface area contributed by atoms with E-state index in [4.69, 9.17) is 0 Å². The van der Waals surface area contributed by atoms with Crippen LogP contribution in [0.5, 0.6) is 0 Å². The van der Waals surface area contributed by atoms with Gasteiger partial charge in [-0.05, 0) is 0 Å². The Labute approximate surface area is 129 Å². The number of amides is 3. The van der Waals surface area contributed by atoms with Gasteiger partial charge in [-0.2, -0.15) is 0 Å².